The van der Waals surface area contributed by atoms with Crippen molar-refractivity contribution in [2.24, 2.45) is 0 Å². The summed E-state index contributed by atoms with van der Waals surface area (Å²) in [6.07, 6.45) is 0.550. The molecule has 106 valence electrons. The van der Waals surface area contributed by atoms with Gasteiger partial charge in [-0.1, -0.05) is 70.2 Å². The molecule has 0 saturated heterocycles. The minimum atomic E-state index is -0.787. The first kappa shape index (κ1) is 22.1. The zero-order valence-corrected chi connectivity index (χ0v) is 12.8. The molecule has 18 heavy (non-hydrogen) atoms. The monoisotopic (exact) mass is 254 g/mol. The molecule has 1 rings (SSSR count). The molecular formula is C16H30O2. The summed E-state index contributed by atoms with van der Waals surface area (Å²) in [4.78, 5) is 0. The Bertz CT molecular complexity index is 232. The Labute approximate surface area is 113 Å². The second-order valence-corrected chi connectivity index (χ2v) is 2.74. The van der Waals surface area contributed by atoms with E-state index in [-0.39, 0.29) is 0 Å². The van der Waals surface area contributed by atoms with Crippen molar-refractivity contribution in [3.63, 3.8) is 0 Å². The second-order valence-electron chi connectivity index (χ2n) is 2.74. The Hall–Kier alpha value is -1.12. The molecule has 0 fully saturated rings. The highest BCUT2D eigenvalue weighted by Crippen LogP contribution is 1.92. The molecule has 0 radical (unpaired) electrons. The first-order valence-electron chi connectivity index (χ1n) is 6.64. The van der Waals surface area contributed by atoms with E-state index in [4.69, 9.17) is 5.11 Å². The van der Waals surface area contributed by atoms with Gasteiger partial charge in [0.2, 0.25) is 0 Å². The number of aliphatic hydroxyl groups excluding tert-OH is 1. The third-order valence-corrected chi connectivity index (χ3v) is 1.48. The number of hydrogen-bond donors (Lipinski definition) is 1. The Kier molecular flexibility index (Phi) is 26.0. The van der Waals surface area contributed by atoms with Gasteiger partial charge in [0, 0.05) is 6.61 Å². The molecule has 1 aromatic carbocycles. The largest absolute Gasteiger partial charge is 0.365 e. The van der Waals surface area contributed by atoms with Crippen molar-refractivity contribution in [2.75, 3.05) is 6.61 Å². The van der Waals surface area contributed by atoms with Crippen LogP contribution in [0.15, 0.2) is 43.0 Å². The minimum Gasteiger partial charge on any atom is -0.365 e. The van der Waals surface area contributed by atoms with Gasteiger partial charge in [0.25, 0.3) is 0 Å². The molecule has 0 aliphatic heterocycles. The maximum absolute atomic E-state index is 8.52. The lowest BCUT2D eigenvalue weighted by atomic mass is 10.2. The van der Waals surface area contributed by atoms with E-state index >= 15 is 0 Å². The van der Waals surface area contributed by atoms with Crippen molar-refractivity contribution < 1.29 is 9.84 Å². The molecule has 0 aromatic heterocycles. The molecule has 0 heterocycles. The molecule has 2 nitrogen and oxygen atoms in total. The molecular weight excluding hydrogens is 224 g/mol. The molecule has 0 spiro atoms. The highest BCUT2D eigenvalue weighted by molar-refractivity contribution is 5.11. The number of benzene rings is 1. The summed E-state index contributed by atoms with van der Waals surface area (Å²) in [6.45, 7) is 15.7. The normalized spacial score (nSPS) is 9.28. The topological polar surface area (TPSA) is 29.5 Å². The first-order valence-corrected chi connectivity index (χ1v) is 6.64. The molecule has 0 aliphatic carbocycles. The highest BCUT2D eigenvalue weighted by atomic mass is 16.6. The predicted molar refractivity (Wildman–Crippen MR) is 81.7 cm³/mol. The van der Waals surface area contributed by atoms with Crippen molar-refractivity contribution in [1.82, 2.24) is 0 Å². The van der Waals surface area contributed by atoms with Crippen LogP contribution >= 0.6 is 0 Å². The van der Waals surface area contributed by atoms with Crippen molar-refractivity contribution in [3.8, 4) is 0 Å². The van der Waals surface area contributed by atoms with E-state index in [0.717, 1.165) is 0 Å². The fourth-order valence-corrected chi connectivity index (χ4v) is 0.773. The van der Waals surface area contributed by atoms with Gasteiger partial charge in [-0.3, -0.25) is 0 Å². The van der Waals surface area contributed by atoms with Crippen LogP contribution in [0.2, 0.25) is 0 Å². The zero-order chi connectivity index (χ0) is 14.8. The number of aliphatic hydroxyl groups is 1. The van der Waals surface area contributed by atoms with Gasteiger partial charge in [0.15, 0.2) is 6.29 Å². The lowest BCUT2D eigenvalue weighted by Gasteiger charge is -2.01. The van der Waals surface area contributed by atoms with Crippen LogP contribution in [0.5, 0.6) is 0 Å². The van der Waals surface area contributed by atoms with Gasteiger partial charge < -0.3 is 9.84 Å². The van der Waals surface area contributed by atoms with Crippen molar-refractivity contribution in [3.05, 3.63) is 48.6 Å². The summed E-state index contributed by atoms with van der Waals surface area (Å²) in [5.41, 5.74) is 1.32. The molecule has 0 saturated carbocycles. The first-order chi connectivity index (χ1) is 8.70. The molecule has 2 heteroatoms. The van der Waals surface area contributed by atoms with Gasteiger partial charge in [-0.05, 0) is 19.9 Å². The molecule has 1 aromatic rings. The van der Waals surface area contributed by atoms with Crippen LogP contribution in [-0.2, 0) is 4.74 Å². The van der Waals surface area contributed by atoms with Gasteiger partial charge >= 0.3 is 0 Å². The van der Waals surface area contributed by atoms with E-state index in [1.165, 1.54) is 11.6 Å². The van der Waals surface area contributed by atoms with E-state index in [1.54, 1.807) is 0 Å². The smallest absolute Gasteiger partial charge is 0.173 e. The zero-order valence-electron chi connectivity index (χ0n) is 12.8. The molecule has 1 N–H and O–H groups in total. The number of ether oxygens (including phenoxy) is 1. The minimum absolute atomic E-state index is 0.521. The van der Waals surface area contributed by atoms with Crippen molar-refractivity contribution in [1.29, 1.82) is 0 Å². The summed E-state index contributed by atoms with van der Waals surface area (Å²) in [5.74, 6) is 0. The van der Waals surface area contributed by atoms with Gasteiger partial charge in [0.05, 0.1) is 0 Å². The fraction of sp³-hybridized carbons (Fsp3) is 0.500. The van der Waals surface area contributed by atoms with Crippen LogP contribution in [-0.4, -0.2) is 18.0 Å². The summed E-state index contributed by atoms with van der Waals surface area (Å²) in [6, 6.07) is 10.3. The Morgan fingerprint density at radius 1 is 1.17 bits per heavy atom. The Morgan fingerprint density at radius 3 is 1.78 bits per heavy atom. The summed E-state index contributed by atoms with van der Waals surface area (Å²) in [5, 5.41) is 8.52. The Balaban J connectivity index is -0.000000196. The molecule has 1 unspecified atom stereocenters. The van der Waals surface area contributed by atoms with E-state index < -0.39 is 6.29 Å². The molecule has 1 atom stereocenters. The third-order valence-electron chi connectivity index (χ3n) is 1.48. The summed E-state index contributed by atoms with van der Waals surface area (Å²) in [7, 11) is 0. The van der Waals surface area contributed by atoms with E-state index in [1.807, 2.05) is 52.8 Å². The van der Waals surface area contributed by atoms with Gasteiger partial charge in [-0.2, -0.15) is 0 Å². The quantitative estimate of drug-likeness (QED) is 0.632. The second kappa shape index (κ2) is 21.2. The van der Waals surface area contributed by atoms with Crippen LogP contribution in [0, 0.1) is 6.92 Å². The lowest BCUT2D eigenvalue weighted by molar-refractivity contribution is -0.0584. The summed E-state index contributed by atoms with van der Waals surface area (Å²) >= 11 is 0. The standard InChI is InChI=1S/C7H8.C5H10O2.2C2H6/c1-7-5-3-2-4-6-7;1-3-5(6)7-4-2;2*1-2/h2-6H,1H3;3,5-6H,1,4H2,2H3;2*1-2H3. The predicted octanol–water partition coefficient (Wildman–Crippen LogP) is 4.57. The number of rotatable bonds is 3. The summed E-state index contributed by atoms with van der Waals surface area (Å²) < 4.78 is 4.63. The van der Waals surface area contributed by atoms with Gasteiger partial charge in [-0.25, -0.2) is 0 Å². The van der Waals surface area contributed by atoms with Crippen LogP contribution in [0.3, 0.4) is 0 Å². The third kappa shape index (κ3) is 20.3. The molecule has 0 bridgehead atoms. The highest BCUT2D eigenvalue weighted by Gasteiger charge is 1.89. The maximum atomic E-state index is 8.52. The number of hydrogen-bond acceptors (Lipinski definition) is 2. The SMILES string of the molecule is C=CC(O)OCC.CC.CC.Cc1ccccc1. The maximum Gasteiger partial charge on any atom is 0.173 e. The van der Waals surface area contributed by atoms with Crippen LogP contribution in [0.4, 0.5) is 0 Å². The average Bonchev–Trinajstić information content (AvgIpc) is 2.45. The van der Waals surface area contributed by atoms with Gasteiger partial charge in [0.1, 0.15) is 0 Å². The lowest BCUT2D eigenvalue weighted by Crippen LogP contribution is -2.06. The van der Waals surface area contributed by atoms with Crippen molar-refractivity contribution >= 4 is 0 Å². The Morgan fingerprint density at radius 2 is 1.61 bits per heavy atom. The van der Waals surface area contributed by atoms with E-state index in [2.05, 4.69) is 30.4 Å². The molecule has 0 aliphatic rings. The van der Waals surface area contributed by atoms with E-state index in [9.17, 15) is 0 Å². The van der Waals surface area contributed by atoms with Crippen LogP contribution in [0.25, 0.3) is 0 Å². The van der Waals surface area contributed by atoms with Crippen LogP contribution < -0.4 is 0 Å². The average molecular weight is 254 g/mol. The van der Waals surface area contributed by atoms with Gasteiger partial charge in [-0.15, -0.1) is 0 Å². The van der Waals surface area contributed by atoms with E-state index in [0.29, 0.717) is 6.61 Å². The fourth-order valence-electron chi connectivity index (χ4n) is 0.773. The number of aryl methyl sites for hydroxylation is 1. The van der Waals surface area contributed by atoms with Crippen molar-refractivity contribution in [2.45, 2.75) is 47.8 Å². The van der Waals surface area contributed by atoms with Crippen LogP contribution in [0.1, 0.15) is 40.2 Å². The molecule has 0 amide bonds.